The first-order chi connectivity index (χ1) is 11.2. The molecule has 2 heterocycles. The summed E-state index contributed by atoms with van der Waals surface area (Å²) in [5.41, 5.74) is 1.68. The number of aryl methyl sites for hydroxylation is 2. The van der Waals surface area contributed by atoms with Gasteiger partial charge in [-0.1, -0.05) is 6.07 Å². The lowest BCUT2D eigenvalue weighted by molar-refractivity contribution is 0.591. The number of hydrogen-bond acceptors (Lipinski definition) is 5. The fourth-order valence-corrected chi connectivity index (χ4v) is 4.17. The molecule has 0 aliphatic heterocycles. The first-order valence-corrected chi connectivity index (χ1v) is 8.75. The van der Waals surface area contributed by atoms with Gasteiger partial charge in [-0.05, 0) is 38.1 Å². The van der Waals surface area contributed by atoms with E-state index in [0.29, 0.717) is 5.69 Å². The molecule has 0 aliphatic carbocycles. The van der Waals surface area contributed by atoms with Crippen molar-refractivity contribution in [1.82, 2.24) is 14.6 Å². The minimum Gasteiger partial charge on any atom is -0.360 e. The van der Waals surface area contributed by atoms with E-state index in [0.717, 1.165) is 11.8 Å². The first kappa shape index (κ1) is 16.4. The Morgan fingerprint density at radius 3 is 2.50 bits per heavy atom. The standard InChI is InChI=1S/C16H17FN4O2S/c1-10-8-11(2)21-15(18-10)14(16(19-21)20(3)4)24(22,23)13-7-5-6-12(17)9-13/h5-9H,1-4H3. The van der Waals surface area contributed by atoms with E-state index in [9.17, 15) is 12.8 Å². The molecule has 6 nitrogen and oxygen atoms in total. The minimum atomic E-state index is -3.98. The Bertz CT molecular complexity index is 1040. The number of halogens is 1. The van der Waals surface area contributed by atoms with Crippen molar-refractivity contribution in [2.24, 2.45) is 0 Å². The minimum absolute atomic E-state index is 0.0232. The summed E-state index contributed by atoms with van der Waals surface area (Å²) >= 11 is 0. The second-order valence-corrected chi connectivity index (χ2v) is 7.67. The lowest BCUT2D eigenvalue weighted by Gasteiger charge is -2.11. The summed E-state index contributed by atoms with van der Waals surface area (Å²) in [7, 11) is -0.576. The number of nitrogens with zero attached hydrogens (tertiary/aromatic N) is 4. The summed E-state index contributed by atoms with van der Waals surface area (Å²) in [6.07, 6.45) is 0. The van der Waals surface area contributed by atoms with Crippen LogP contribution < -0.4 is 4.90 Å². The van der Waals surface area contributed by atoms with Crippen molar-refractivity contribution in [2.45, 2.75) is 23.6 Å². The largest absolute Gasteiger partial charge is 0.360 e. The van der Waals surface area contributed by atoms with Crippen LogP contribution in [-0.2, 0) is 9.84 Å². The molecular formula is C16H17FN4O2S. The van der Waals surface area contributed by atoms with Crippen LogP contribution in [0.25, 0.3) is 5.65 Å². The second kappa shape index (κ2) is 5.55. The topological polar surface area (TPSA) is 67.6 Å². The Labute approximate surface area is 139 Å². The number of rotatable bonds is 3. The van der Waals surface area contributed by atoms with Gasteiger partial charge in [-0.25, -0.2) is 22.3 Å². The van der Waals surface area contributed by atoms with Crippen molar-refractivity contribution in [1.29, 1.82) is 0 Å². The Morgan fingerprint density at radius 2 is 1.88 bits per heavy atom. The van der Waals surface area contributed by atoms with Crippen LogP contribution in [0.15, 0.2) is 40.1 Å². The van der Waals surface area contributed by atoms with E-state index in [1.807, 2.05) is 13.0 Å². The Morgan fingerprint density at radius 1 is 1.17 bits per heavy atom. The van der Waals surface area contributed by atoms with Crippen LogP contribution in [0.4, 0.5) is 10.2 Å². The highest BCUT2D eigenvalue weighted by atomic mass is 32.2. The molecule has 1 aromatic carbocycles. The second-order valence-electron chi connectivity index (χ2n) is 5.78. The third-order valence-corrected chi connectivity index (χ3v) is 5.41. The van der Waals surface area contributed by atoms with E-state index in [4.69, 9.17) is 0 Å². The third kappa shape index (κ3) is 2.52. The number of sulfone groups is 1. The fourth-order valence-electron chi connectivity index (χ4n) is 2.58. The number of benzene rings is 1. The molecule has 0 atom stereocenters. The molecule has 0 aliphatic rings. The fraction of sp³-hybridized carbons (Fsp3) is 0.250. The molecule has 3 rings (SSSR count). The van der Waals surface area contributed by atoms with Gasteiger partial charge in [0.2, 0.25) is 9.84 Å². The van der Waals surface area contributed by atoms with Gasteiger partial charge in [0.1, 0.15) is 5.82 Å². The number of aromatic nitrogens is 3. The molecule has 24 heavy (non-hydrogen) atoms. The molecule has 0 N–H and O–H groups in total. The van der Waals surface area contributed by atoms with E-state index in [1.54, 1.807) is 25.9 Å². The van der Waals surface area contributed by atoms with Gasteiger partial charge < -0.3 is 4.90 Å². The van der Waals surface area contributed by atoms with E-state index in [2.05, 4.69) is 10.1 Å². The SMILES string of the molecule is Cc1cc(C)n2nc(N(C)C)c(S(=O)(=O)c3cccc(F)c3)c2n1. The van der Waals surface area contributed by atoms with Gasteiger partial charge in [-0.3, -0.25) is 0 Å². The number of fused-ring (bicyclic) bond motifs is 1. The first-order valence-electron chi connectivity index (χ1n) is 7.27. The Kier molecular flexibility index (Phi) is 3.79. The molecule has 0 saturated carbocycles. The van der Waals surface area contributed by atoms with E-state index >= 15 is 0 Å². The summed E-state index contributed by atoms with van der Waals surface area (Å²) in [6, 6.07) is 6.75. The van der Waals surface area contributed by atoms with Gasteiger partial charge in [0.15, 0.2) is 16.4 Å². The number of hydrogen-bond donors (Lipinski definition) is 0. The molecule has 126 valence electrons. The normalized spacial score (nSPS) is 11.9. The molecule has 0 bridgehead atoms. The molecule has 0 saturated heterocycles. The van der Waals surface area contributed by atoms with Crippen LogP contribution in [0.2, 0.25) is 0 Å². The highest BCUT2D eigenvalue weighted by Crippen LogP contribution is 2.32. The zero-order chi connectivity index (χ0) is 17.6. The monoisotopic (exact) mass is 348 g/mol. The van der Waals surface area contributed by atoms with Crippen molar-refractivity contribution in [2.75, 3.05) is 19.0 Å². The highest BCUT2D eigenvalue weighted by Gasteiger charge is 2.30. The van der Waals surface area contributed by atoms with Crippen LogP contribution in [-0.4, -0.2) is 37.1 Å². The van der Waals surface area contributed by atoms with Crippen LogP contribution in [0.1, 0.15) is 11.4 Å². The zero-order valence-electron chi connectivity index (χ0n) is 13.8. The van der Waals surface area contributed by atoms with Gasteiger partial charge >= 0.3 is 0 Å². The molecule has 0 amide bonds. The Balaban J connectivity index is 2.42. The van der Waals surface area contributed by atoms with Crippen LogP contribution in [0.5, 0.6) is 0 Å². The Hall–Kier alpha value is -2.48. The maximum atomic E-state index is 13.5. The maximum absolute atomic E-state index is 13.5. The molecule has 0 spiro atoms. The predicted octanol–water partition coefficient (Wildman–Crippen LogP) is 2.38. The van der Waals surface area contributed by atoms with Gasteiger partial charge in [0, 0.05) is 25.5 Å². The average molecular weight is 348 g/mol. The van der Waals surface area contributed by atoms with E-state index < -0.39 is 15.7 Å². The van der Waals surface area contributed by atoms with Crippen molar-refractivity contribution in [3.05, 3.63) is 47.5 Å². The van der Waals surface area contributed by atoms with E-state index in [-0.39, 0.29) is 21.3 Å². The zero-order valence-corrected chi connectivity index (χ0v) is 14.6. The predicted molar refractivity (Wildman–Crippen MR) is 88.6 cm³/mol. The number of anilines is 1. The molecule has 8 heteroatoms. The molecule has 0 fully saturated rings. The van der Waals surface area contributed by atoms with Gasteiger partial charge in [-0.15, -0.1) is 5.10 Å². The summed E-state index contributed by atoms with van der Waals surface area (Å²) in [4.78, 5) is 5.81. The summed E-state index contributed by atoms with van der Waals surface area (Å²) < 4.78 is 41.3. The summed E-state index contributed by atoms with van der Waals surface area (Å²) in [6.45, 7) is 3.61. The van der Waals surface area contributed by atoms with E-state index in [1.165, 1.54) is 22.7 Å². The quantitative estimate of drug-likeness (QED) is 0.727. The molecule has 3 aromatic rings. The average Bonchev–Trinajstić information content (AvgIpc) is 2.87. The van der Waals surface area contributed by atoms with Crippen molar-refractivity contribution >= 4 is 21.3 Å². The smallest absolute Gasteiger partial charge is 0.214 e. The molecular weight excluding hydrogens is 331 g/mol. The van der Waals surface area contributed by atoms with Gasteiger partial charge in [0.25, 0.3) is 0 Å². The third-order valence-electron chi connectivity index (χ3n) is 3.63. The van der Waals surface area contributed by atoms with Crippen molar-refractivity contribution < 1.29 is 12.8 Å². The highest BCUT2D eigenvalue weighted by molar-refractivity contribution is 7.91. The van der Waals surface area contributed by atoms with Crippen molar-refractivity contribution in [3.63, 3.8) is 0 Å². The summed E-state index contributed by atoms with van der Waals surface area (Å²) in [5, 5.41) is 4.37. The van der Waals surface area contributed by atoms with Crippen LogP contribution >= 0.6 is 0 Å². The van der Waals surface area contributed by atoms with Crippen LogP contribution in [0.3, 0.4) is 0 Å². The molecule has 0 unspecified atom stereocenters. The molecule has 0 radical (unpaired) electrons. The summed E-state index contributed by atoms with van der Waals surface area (Å²) in [5.74, 6) is -0.347. The van der Waals surface area contributed by atoms with Crippen LogP contribution in [0, 0.1) is 19.7 Å². The van der Waals surface area contributed by atoms with Gasteiger partial charge in [-0.2, -0.15) is 0 Å². The van der Waals surface area contributed by atoms with Gasteiger partial charge in [0.05, 0.1) is 4.90 Å². The maximum Gasteiger partial charge on any atom is 0.214 e. The van der Waals surface area contributed by atoms with Crippen molar-refractivity contribution in [3.8, 4) is 0 Å². The lowest BCUT2D eigenvalue weighted by atomic mass is 10.3. The molecule has 2 aromatic heterocycles. The lowest BCUT2D eigenvalue weighted by Crippen LogP contribution is -2.14.